The van der Waals surface area contributed by atoms with Gasteiger partial charge in [-0.1, -0.05) is 30.7 Å². The molecule has 0 radical (unpaired) electrons. The standard InChI is InChI=1S/C23H28ClN3O4S/c1-15(2)25-22(28)18-6-4-5-7-21(18)26-23(29)19-14-17(8-9-20(19)24)32(30,31)27-12-10-16(3)11-13-27/h4-9,14-16H,10-13H2,1-3H3,(H,25,28)(H,26,29). The average Bonchev–Trinajstić information content (AvgIpc) is 2.74. The summed E-state index contributed by atoms with van der Waals surface area (Å²) in [5, 5.41) is 5.61. The van der Waals surface area contributed by atoms with Crippen molar-refractivity contribution < 1.29 is 18.0 Å². The molecule has 2 amide bonds. The van der Waals surface area contributed by atoms with E-state index >= 15 is 0 Å². The van der Waals surface area contributed by atoms with E-state index in [1.807, 2.05) is 13.8 Å². The molecule has 0 atom stereocenters. The number of rotatable bonds is 6. The molecule has 1 aliphatic heterocycles. The highest BCUT2D eigenvalue weighted by atomic mass is 35.5. The molecule has 9 heteroatoms. The number of para-hydroxylation sites is 1. The van der Waals surface area contributed by atoms with Gasteiger partial charge >= 0.3 is 0 Å². The molecule has 172 valence electrons. The number of carbonyl (C=O) groups is 2. The van der Waals surface area contributed by atoms with E-state index in [9.17, 15) is 18.0 Å². The van der Waals surface area contributed by atoms with Gasteiger partial charge in [-0.2, -0.15) is 4.31 Å². The molecule has 1 fully saturated rings. The zero-order valence-electron chi connectivity index (χ0n) is 18.4. The molecule has 2 aromatic carbocycles. The minimum atomic E-state index is -3.74. The second kappa shape index (κ2) is 10.0. The van der Waals surface area contributed by atoms with Crippen LogP contribution in [0.2, 0.25) is 5.02 Å². The fraction of sp³-hybridized carbons (Fsp3) is 0.391. The highest BCUT2D eigenvalue weighted by molar-refractivity contribution is 7.89. The SMILES string of the molecule is CC1CCN(S(=O)(=O)c2ccc(Cl)c(C(=O)Nc3ccccc3C(=O)NC(C)C)c2)CC1. The maximum Gasteiger partial charge on any atom is 0.257 e. The van der Waals surface area contributed by atoms with E-state index in [4.69, 9.17) is 11.6 Å². The van der Waals surface area contributed by atoms with Crippen LogP contribution in [0.3, 0.4) is 0 Å². The van der Waals surface area contributed by atoms with Crippen LogP contribution in [0.15, 0.2) is 47.4 Å². The number of halogens is 1. The third-order valence-electron chi connectivity index (χ3n) is 5.40. The number of sulfonamides is 1. The summed E-state index contributed by atoms with van der Waals surface area (Å²) in [6, 6.07) is 10.7. The molecule has 0 saturated carbocycles. The van der Waals surface area contributed by atoms with Crippen molar-refractivity contribution in [3.05, 3.63) is 58.6 Å². The predicted molar refractivity (Wildman–Crippen MR) is 126 cm³/mol. The number of piperidine rings is 1. The molecule has 1 aliphatic rings. The number of nitrogens with one attached hydrogen (secondary N) is 2. The van der Waals surface area contributed by atoms with Crippen molar-refractivity contribution in [3.8, 4) is 0 Å². The average molecular weight is 478 g/mol. The molecule has 0 bridgehead atoms. The summed E-state index contributed by atoms with van der Waals surface area (Å²) >= 11 is 6.23. The number of anilines is 1. The summed E-state index contributed by atoms with van der Waals surface area (Å²) in [5.41, 5.74) is 0.638. The van der Waals surface area contributed by atoms with E-state index in [0.717, 1.165) is 12.8 Å². The van der Waals surface area contributed by atoms with Gasteiger partial charge in [0.05, 0.1) is 26.7 Å². The van der Waals surface area contributed by atoms with Crippen molar-refractivity contribution in [3.63, 3.8) is 0 Å². The molecule has 7 nitrogen and oxygen atoms in total. The Hall–Kier alpha value is -2.42. The van der Waals surface area contributed by atoms with Gasteiger partial charge in [0.1, 0.15) is 0 Å². The van der Waals surface area contributed by atoms with Gasteiger partial charge in [0, 0.05) is 19.1 Å². The van der Waals surface area contributed by atoms with Gasteiger partial charge in [0.2, 0.25) is 10.0 Å². The molecule has 0 unspecified atom stereocenters. The first-order valence-corrected chi connectivity index (χ1v) is 12.4. The molecule has 32 heavy (non-hydrogen) atoms. The lowest BCUT2D eigenvalue weighted by atomic mass is 10.0. The molecule has 0 aliphatic carbocycles. The van der Waals surface area contributed by atoms with Crippen LogP contribution in [0.5, 0.6) is 0 Å². The summed E-state index contributed by atoms with van der Waals surface area (Å²) in [6.07, 6.45) is 1.60. The summed E-state index contributed by atoms with van der Waals surface area (Å²) < 4.78 is 27.6. The largest absolute Gasteiger partial charge is 0.350 e. The lowest BCUT2D eigenvalue weighted by Gasteiger charge is -2.29. The van der Waals surface area contributed by atoms with Crippen LogP contribution in [-0.2, 0) is 10.0 Å². The third-order valence-corrected chi connectivity index (χ3v) is 7.63. The van der Waals surface area contributed by atoms with Crippen LogP contribution >= 0.6 is 11.6 Å². The van der Waals surface area contributed by atoms with Crippen molar-refractivity contribution in [2.24, 2.45) is 5.92 Å². The Morgan fingerprint density at radius 3 is 2.34 bits per heavy atom. The number of nitrogens with zero attached hydrogens (tertiary/aromatic N) is 1. The zero-order valence-corrected chi connectivity index (χ0v) is 20.0. The fourth-order valence-corrected chi connectivity index (χ4v) is 5.23. The Balaban J connectivity index is 1.87. The van der Waals surface area contributed by atoms with Crippen LogP contribution in [0, 0.1) is 5.92 Å². The Kier molecular flexibility index (Phi) is 7.59. The molecular formula is C23H28ClN3O4S. The van der Waals surface area contributed by atoms with Gasteiger partial charge in [-0.05, 0) is 62.9 Å². The monoisotopic (exact) mass is 477 g/mol. The van der Waals surface area contributed by atoms with Crippen molar-refractivity contribution >= 4 is 39.1 Å². The van der Waals surface area contributed by atoms with Gasteiger partial charge < -0.3 is 10.6 Å². The summed E-state index contributed by atoms with van der Waals surface area (Å²) in [5.74, 6) is -0.428. The molecule has 0 aromatic heterocycles. The lowest BCUT2D eigenvalue weighted by Crippen LogP contribution is -2.38. The maximum absolute atomic E-state index is 13.1. The number of hydrogen-bond acceptors (Lipinski definition) is 4. The summed E-state index contributed by atoms with van der Waals surface area (Å²) in [7, 11) is -3.74. The van der Waals surface area contributed by atoms with E-state index in [2.05, 4.69) is 17.6 Å². The molecule has 1 heterocycles. The van der Waals surface area contributed by atoms with E-state index in [-0.39, 0.29) is 27.4 Å². The van der Waals surface area contributed by atoms with Gasteiger partial charge in [-0.25, -0.2) is 8.42 Å². The first-order valence-electron chi connectivity index (χ1n) is 10.6. The normalized spacial score (nSPS) is 15.5. The predicted octanol–water partition coefficient (Wildman–Crippen LogP) is 4.15. The Morgan fingerprint density at radius 1 is 1.03 bits per heavy atom. The Bertz CT molecular complexity index is 1110. The van der Waals surface area contributed by atoms with Crippen molar-refractivity contribution in [2.75, 3.05) is 18.4 Å². The van der Waals surface area contributed by atoms with Crippen molar-refractivity contribution in [1.29, 1.82) is 0 Å². The van der Waals surface area contributed by atoms with Crippen molar-refractivity contribution in [1.82, 2.24) is 9.62 Å². The molecule has 1 saturated heterocycles. The van der Waals surface area contributed by atoms with E-state index in [0.29, 0.717) is 30.3 Å². The van der Waals surface area contributed by atoms with E-state index in [1.165, 1.54) is 22.5 Å². The van der Waals surface area contributed by atoms with E-state index < -0.39 is 15.9 Å². The van der Waals surface area contributed by atoms with Crippen LogP contribution in [-0.4, -0.2) is 43.7 Å². The second-order valence-electron chi connectivity index (χ2n) is 8.36. The zero-order chi connectivity index (χ0) is 23.5. The summed E-state index contributed by atoms with van der Waals surface area (Å²) in [4.78, 5) is 25.5. The minimum absolute atomic E-state index is 0.0208. The van der Waals surface area contributed by atoms with Gasteiger partial charge in [-0.3, -0.25) is 9.59 Å². The first kappa shape index (κ1) is 24.2. The number of carbonyl (C=O) groups excluding carboxylic acids is 2. The number of benzene rings is 2. The number of hydrogen-bond donors (Lipinski definition) is 2. The van der Waals surface area contributed by atoms with Gasteiger partial charge in [-0.15, -0.1) is 0 Å². The number of amides is 2. The van der Waals surface area contributed by atoms with Crippen LogP contribution in [0.1, 0.15) is 54.3 Å². The molecular weight excluding hydrogens is 450 g/mol. The quantitative estimate of drug-likeness (QED) is 0.653. The molecule has 2 aromatic rings. The topological polar surface area (TPSA) is 95.6 Å². The highest BCUT2D eigenvalue weighted by Crippen LogP contribution is 2.27. The van der Waals surface area contributed by atoms with Crippen molar-refractivity contribution in [2.45, 2.75) is 44.6 Å². The van der Waals surface area contributed by atoms with E-state index in [1.54, 1.807) is 24.3 Å². The van der Waals surface area contributed by atoms with Crippen LogP contribution in [0.25, 0.3) is 0 Å². The minimum Gasteiger partial charge on any atom is -0.350 e. The second-order valence-corrected chi connectivity index (χ2v) is 10.7. The van der Waals surface area contributed by atoms with Crippen LogP contribution in [0.4, 0.5) is 5.69 Å². The van der Waals surface area contributed by atoms with Crippen LogP contribution < -0.4 is 10.6 Å². The molecule has 2 N–H and O–H groups in total. The molecule has 0 spiro atoms. The maximum atomic E-state index is 13.1. The smallest absolute Gasteiger partial charge is 0.257 e. The first-order chi connectivity index (χ1) is 15.1. The highest BCUT2D eigenvalue weighted by Gasteiger charge is 2.29. The Morgan fingerprint density at radius 2 is 1.69 bits per heavy atom. The molecule has 3 rings (SSSR count). The van der Waals surface area contributed by atoms with Gasteiger partial charge in [0.15, 0.2) is 0 Å². The lowest BCUT2D eigenvalue weighted by molar-refractivity contribution is 0.0944. The summed E-state index contributed by atoms with van der Waals surface area (Å²) in [6.45, 7) is 6.69. The van der Waals surface area contributed by atoms with Gasteiger partial charge in [0.25, 0.3) is 11.8 Å². The fourth-order valence-electron chi connectivity index (χ4n) is 3.53. The third kappa shape index (κ3) is 5.49. The Labute approximate surface area is 194 Å².